The lowest BCUT2D eigenvalue weighted by atomic mass is 10.0. The molecular formula is C21H24N2O2. The number of unbranched alkanes of at least 4 members (excludes halogenated alkanes) is 3. The standard InChI is InChI=1S/C21H24N2O2/c24-20(14-7-2-1-4-10-17-11-5-3-6-12-17)21-23-19(16-25-21)18-13-8-9-15-22-18/h3,5-6,8-9,11-13,15-16,20,24H,1-2,4,7,10,14H2/t20-/m0/s1. The second-order valence-corrected chi connectivity index (χ2v) is 6.24. The number of aliphatic hydroxyl groups is 1. The van der Waals surface area contributed by atoms with Crippen LogP contribution in [0.25, 0.3) is 11.4 Å². The molecule has 0 saturated carbocycles. The second-order valence-electron chi connectivity index (χ2n) is 6.24. The molecule has 25 heavy (non-hydrogen) atoms. The zero-order valence-electron chi connectivity index (χ0n) is 14.3. The number of nitrogens with zero attached hydrogens (tertiary/aromatic N) is 2. The van der Waals surface area contributed by atoms with Crippen molar-refractivity contribution in [3.63, 3.8) is 0 Å². The van der Waals surface area contributed by atoms with E-state index in [9.17, 15) is 5.11 Å². The van der Waals surface area contributed by atoms with Gasteiger partial charge in [0.2, 0.25) is 5.89 Å². The Kier molecular flexibility index (Phi) is 6.35. The molecule has 1 atom stereocenters. The number of aryl methyl sites for hydroxylation is 1. The maximum atomic E-state index is 10.2. The molecule has 0 radical (unpaired) electrons. The second kappa shape index (κ2) is 9.14. The first-order valence-electron chi connectivity index (χ1n) is 8.92. The SMILES string of the molecule is O[C@@H](CCCCCCc1ccccc1)c1nc(-c2ccccn2)co1. The largest absolute Gasteiger partial charge is 0.445 e. The topological polar surface area (TPSA) is 59.2 Å². The van der Waals surface area contributed by atoms with Crippen molar-refractivity contribution in [1.82, 2.24) is 9.97 Å². The molecule has 0 aliphatic heterocycles. The highest BCUT2D eigenvalue weighted by Gasteiger charge is 2.15. The molecule has 0 bridgehead atoms. The van der Waals surface area contributed by atoms with Gasteiger partial charge in [-0.2, -0.15) is 0 Å². The smallest absolute Gasteiger partial charge is 0.223 e. The Bertz CT molecular complexity index is 741. The Morgan fingerprint density at radius 2 is 1.68 bits per heavy atom. The molecule has 0 fully saturated rings. The molecule has 4 heteroatoms. The van der Waals surface area contributed by atoms with Crippen LogP contribution < -0.4 is 0 Å². The van der Waals surface area contributed by atoms with E-state index in [1.165, 1.54) is 18.4 Å². The summed E-state index contributed by atoms with van der Waals surface area (Å²) in [5.41, 5.74) is 2.81. The van der Waals surface area contributed by atoms with Crippen LogP contribution in [0.15, 0.2) is 65.4 Å². The van der Waals surface area contributed by atoms with Crippen LogP contribution in [0.5, 0.6) is 0 Å². The summed E-state index contributed by atoms with van der Waals surface area (Å²) in [7, 11) is 0. The van der Waals surface area contributed by atoms with Crippen LogP contribution >= 0.6 is 0 Å². The first kappa shape index (κ1) is 17.4. The Hall–Kier alpha value is -2.46. The van der Waals surface area contributed by atoms with Crippen molar-refractivity contribution in [3.05, 3.63) is 72.4 Å². The zero-order chi connectivity index (χ0) is 17.3. The molecule has 130 valence electrons. The molecule has 0 aliphatic carbocycles. The summed E-state index contributed by atoms with van der Waals surface area (Å²) in [4.78, 5) is 8.59. The summed E-state index contributed by atoms with van der Waals surface area (Å²) in [6, 6.07) is 16.2. The summed E-state index contributed by atoms with van der Waals surface area (Å²) in [6.45, 7) is 0. The number of benzene rings is 1. The van der Waals surface area contributed by atoms with Gasteiger partial charge in [0.25, 0.3) is 0 Å². The van der Waals surface area contributed by atoms with E-state index in [1.54, 1.807) is 12.5 Å². The minimum absolute atomic E-state index is 0.380. The third-order valence-electron chi connectivity index (χ3n) is 4.27. The van der Waals surface area contributed by atoms with Gasteiger partial charge in [-0.1, -0.05) is 55.7 Å². The lowest BCUT2D eigenvalue weighted by molar-refractivity contribution is 0.130. The van der Waals surface area contributed by atoms with Crippen LogP contribution in [0.3, 0.4) is 0 Å². The van der Waals surface area contributed by atoms with Gasteiger partial charge in [0.15, 0.2) is 0 Å². The first-order valence-corrected chi connectivity index (χ1v) is 8.92. The van der Waals surface area contributed by atoms with Crippen LogP contribution in [-0.4, -0.2) is 15.1 Å². The van der Waals surface area contributed by atoms with E-state index in [0.717, 1.165) is 25.0 Å². The van der Waals surface area contributed by atoms with Crippen LogP contribution in [0, 0.1) is 0 Å². The lowest BCUT2D eigenvalue weighted by Gasteiger charge is -2.06. The van der Waals surface area contributed by atoms with Crippen molar-refractivity contribution >= 4 is 0 Å². The number of hydrogen-bond donors (Lipinski definition) is 1. The van der Waals surface area contributed by atoms with Crippen molar-refractivity contribution in [2.75, 3.05) is 0 Å². The molecule has 2 aromatic heterocycles. The minimum atomic E-state index is -0.647. The zero-order valence-corrected chi connectivity index (χ0v) is 14.3. The van der Waals surface area contributed by atoms with E-state index in [-0.39, 0.29) is 0 Å². The fourth-order valence-corrected chi connectivity index (χ4v) is 2.86. The number of aliphatic hydroxyl groups excluding tert-OH is 1. The van der Waals surface area contributed by atoms with Crippen molar-refractivity contribution < 1.29 is 9.52 Å². The molecule has 1 aromatic carbocycles. The van der Waals surface area contributed by atoms with Gasteiger partial charge in [0, 0.05) is 6.20 Å². The molecule has 0 spiro atoms. The molecule has 0 amide bonds. The summed E-state index contributed by atoms with van der Waals surface area (Å²) in [6.07, 6.45) is 8.86. The molecule has 2 heterocycles. The highest BCUT2D eigenvalue weighted by molar-refractivity contribution is 5.51. The Balaban J connectivity index is 1.37. The van der Waals surface area contributed by atoms with Gasteiger partial charge in [-0.05, 0) is 37.0 Å². The minimum Gasteiger partial charge on any atom is -0.445 e. The monoisotopic (exact) mass is 336 g/mol. The highest BCUT2D eigenvalue weighted by atomic mass is 16.4. The van der Waals surface area contributed by atoms with E-state index >= 15 is 0 Å². The third kappa shape index (κ3) is 5.26. The van der Waals surface area contributed by atoms with Gasteiger partial charge in [0.05, 0.1) is 5.69 Å². The normalized spacial score (nSPS) is 12.2. The Labute approximate surface area is 148 Å². The Morgan fingerprint density at radius 3 is 2.48 bits per heavy atom. The molecule has 0 aliphatic rings. The molecule has 3 aromatic rings. The fourth-order valence-electron chi connectivity index (χ4n) is 2.86. The van der Waals surface area contributed by atoms with E-state index in [0.29, 0.717) is 18.0 Å². The number of pyridine rings is 1. The van der Waals surface area contributed by atoms with E-state index in [4.69, 9.17) is 4.42 Å². The van der Waals surface area contributed by atoms with Crippen LogP contribution in [0.2, 0.25) is 0 Å². The maximum Gasteiger partial charge on any atom is 0.223 e. The van der Waals surface area contributed by atoms with Gasteiger partial charge < -0.3 is 9.52 Å². The number of hydrogen-bond acceptors (Lipinski definition) is 4. The maximum absolute atomic E-state index is 10.2. The van der Waals surface area contributed by atoms with E-state index in [1.807, 2.05) is 24.3 Å². The van der Waals surface area contributed by atoms with Gasteiger partial charge >= 0.3 is 0 Å². The predicted octanol–water partition coefficient (Wildman–Crippen LogP) is 4.96. The lowest BCUT2D eigenvalue weighted by Crippen LogP contribution is -1.98. The van der Waals surface area contributed by atoms with Crippen molar-refractivity contribution in [3.8, 4) is 11.4 Å². The first-order chi connectivity index (χ1) is 12.3. The average Bonchev–Trinajstić information content (AvgIpc) is 3.16. The van der Waals surface area contributed by atoms with Crippen LogP contribution in [0.1, 0.15) is 49.7 Å². The highest BCUT2D eigenvalue weighted by Crippen LogP contribution is 2.23. The Morgan fingerprint density at radius 1 is 0.880 bits per heavy atom. The van der Waals surface area contributed by atoms with Crippen molar-refractivity contribution in [2.45, 2.75) is 44.6 Å². The molecule has 3 rings (SSSR count). The number of aromatic nitrogens is 2. The molecule has 4 nitrogen and oxygen atoms in total. The summed E-state index contributed by atoms with van der Waals surface area (Å²) >= 11 is 0. The van der Waals surface area contributed by atoms with Crippen molar-refractivity contribution in [1.29, 1.82) is 0 Å². The van der Waals surface area contributed by atoms with Gasteiger partial charge in [-0.3, -0.25) is 4.98 Å². The molecule has 0 saturated heterocycles. The number of rotatable bonds is 9. The molecule has 1 N–H and O–H groups in total. The van der Waals surface area contributed by atoms with Crippen LogP contribution in [-0.2, 0) is 6.42 Å². The third-order valence-corrected chi connectivity index (χ3v) is 4.27. The summed E-state index contributed by atoms with van der Waals surface area (Å²) in [5.74, 6) is 0.380. The van der Waals surface area contributed by atoms with E-state index < -0.39 is 6.10 Å². The average molecular weight is 336 g/mol. The number of oxazole rings is 1. The van der Waals surface area contributed by atoms with Gasteiger partial charge in [-0.25, -0.2) is 4.98 Å². The summed E-state index contributed by atoms with van der Waals surface area (Å²) < 4.78 is 5.42. The van der Waals surface area contributed by atoms with Crippen molar-refractivity contribution in [2.24, 2.45) is 0 Å². The van der Waals surface area contributed by atoms with Gasteiger partial charge in [0.1, 0.15) is 18.1 Å². The molecular weight excluding hydrogens is 312 g/mol. The van der Waals surface area contributed by atoms with Crippen LogP contribution in [0.4, 0.5) is 0 Å². The predicted molar refractivity (Wildman–Crippen MR) is 97.9 cm³/mol. The summed E-state index contributed by atoms with van der Waals surface area (Å²) in [5, 5.41) is 10.2. The quantitative estimate of drug-likeness (QED) is 0.561. The molecule has 0 unspecified atom stereocenters. The van der Waals surface area contributed by atoms with Gasteiger partial charge in [-0.15, -0.1) is 0 Å². The van der Waals surface area contributed by atoms with E-state index in [2.05, 4.69) is 34.2 Å². The fraction of sp³-hybridized carbons (Fsp3) is 0.333.